The number of rotatable bonds is 5. The molecular formula is C25H22O3. The van der Waals surface area contributed by atoms with Gasteiger partial charge in [-0.1, -0.05) is 48.5 Å². The highest BCUT2D eigenvalue weighted by atomic mass is 16.5. The summed E-state index contributed by atoms with van der Waals surface area (Å²) in [6, 6.07) is 23.6. The van der Waals surface area contributed by atoms with E-state index in [-0.39, 0.29) is 5.78 Å². The Labute approximate surface area is 165 Å². The van der Waals surface area contributed by atoms with Crippen LogP contribution in [-0.2, 0) is 13.0 Å². The molecule has 0 fully saturated rings. The smallest absolute Gasteiger partial charge is 0.189 e. The minimum Gasteiger partial charge on any atom is -0.497 e. The first-order valence-electron chi connectivity index (χ1n) is 9.42. The second-order valence-corrected chi connectivity index (χ2v) is 6.87. The molecule has 0 radical (unpaired) electrons. The van der Waals surface area contributed by atoms with E-state index in [1.807, 2.05) is 78.9 Å². The number of fused-ring (bicyclic) bond motifs is 1. The fraction of sp³-hybridized carbons (Fsp3) is 0.160. The van der Waals surface area contributed by atoms with E-state index in [9.17, 15) is 4.79 Å². The number of aryl methyl sites for hydroxylation is 1. The highest BCUT2D eigenvalue weighted by Crippen LogP contribution is 2.30. The van der Waals surface area contributed by atoms with Crippen LogP contribution in [0, 0.1) is 0 Å². The second-order valence-electron chi connectivity index (χ2n) is 6.87. The van der Waals surface area contributed by atoms with Crippen LogP contribution in [0.25, 0.3) is 6.08 Å². The topological polar surface area (TPSA) is 35.5 Å². The lowest BCUT2D eigenvalue weighted by atomic mass is 9.86. The Morgan fingerprint density at radius 1 is 0.893 bits per heavy atom. The number of allylic oxidation sites excluding steroid dienone is 1. The van der Waals surface area contributed by atoms with Gasteiger partial charge in [-0.15, -0.1) is 0 Å². The largest absolute Gasteiger partial charge is 0.497 e. The molecule has 0 unspecified atom stereocenters. The fourth-order valence-corrected chi connectivity index (χ4v) is 3.41. The van der Waals surface area contributed by atoms with Gasteiger partial charge in [0.05, 0.1) is 7.11 Å². The third-order valence-corrected chi connectivity index (χ3v) is 4.99. The summed E-state index contributed by atoms with van der Waals surface area (Å²) in [7, 11) is 1.65. The first-order valence-corrected chi connectivity index (χ1v) is 9.42. The first kappa shape index (κ1) is 18.1. The lowest BCUT2D eigenvalue weighted by Crippen LogP contribution is -2.14. The quantitative estimate of drug-likeness (QED) is 0.557. The zero-order valence-corrected chi connectivity index (χ0v) is 15.9. The lowest BCUT2D eigenvalue weighted by molar-refractivity contribution is 0.102. The van der Waals surface area contributed by atoms with Crippen LogP contribution in [0.4, 0.5) is 0 Å². The van der Waals surface area contributed by atoms with E-state index in [4.69, 9.17) is 9.47 Å². The van der Waals surface area contributed by atoms with Crippen LogP contribution in [-0.4, -0.2) is 12.9 Å². The Morgan fingerprint density at radius 2 is 1.64 bits per heavy atom. The first-order chi connectivity index (χ1) is 13.7. The summed E-state index contributed by atoms with van der Waals surface area (Å²) in [6.07, 6.45) is 3.59. The number of hydrogen-bond donors (Lipinski definition) is 0. The molecule has 0 bridgehead atoms. The number of Topliss-reactive ketones (excluding diaryl/α,β-unsaturated/α-hetero) is 1. The third-order valence-electron chi connectivity index (χ3n) is 4.99. The van der Waals surface area contributed by atoms with Crippen LogP contribution < -0.4 is 9.47 Å². The van der Waals surface area contributed by atoms with Crippen LogP contribution in [0.2, 0.25) is 0 Å². The van der Waals surface area contributed by atoms with E-state index in [2.05, 4.69) is 0 Å². The summed E-state index contributed by atoms with van der Waals surface area (Å²) in [4.78, 5) is 13.0. The summed E-state index contributed by atoms with van der Waals surface area (Å²) in [5.41, 5.74) is 4.77. The Kier molecular flexibility index (Phi) is 5.24. The molecule has 3 nitrogen and oxygen atoms in total. The van der Waals surface area contributed by atoms with E-state index in [1.165, 1.54) is 0 Å². The van der Waals surface area contributed by atoms with E-state index < -0.39 is 0 Å². The molecule has 3 aromatic carbocycles. The number of ketones is 1. The average molecular weight is 370 g/mol. The van der Waals surface area contributed by atoms with E-state index in [1.54, 1.807) is 7.11 Å². The van der Waals surface area contributed by atoms with Crippen molar-refractivity contribution in [2.45, 2.75) is 19.4 Å². The van der Waals surface area contributed by atoms with Crippen molar-refractivity contribution < 1.29 is 14.3 Å². The van der Waals surface area contributed by atoms with Crippen molar-refractivity contribution >= 4 is 11.9 Å². The maximum Gasteiger partial charge on any atom is 0.189 e. The molecule has 3 aromatic rings. The minimum atomic E-state index is 0.0854. The van der Waals surface area contributed by atoms with Crippen molar-refractivity contribution in [3.8, 4) is 11.5 Å². The van der Waals surface area contributed by atoms with Crippen molar-refractivity contribution in [1.29, 1.82) is 0 Å². The molecule has 1 aliphatic rings. The molecule has 0 amide bonds. The Balaban J connectivity index is 1.53. The number of ether oxygens (including phenoxy) is 2. The molecule has 140 valence electrons. The molecule has 28 heavy (non-hydrogen) atoms. The molecule has 1 aliphatic carbocycles. The molecule has 0 atom stereocenters. The van der Waals surface area contributed by atoms with Crippen LogP contribution >= 0.6 is 0 Å². The number of benzene rings is 3. The Bertz CT molecular complexity index is 1000. The molecular weight excluding hydrogens is 348 g/mol. The predicted octanol–water partition coefficient (Wildman–Crippen LogP) is 5.49. The fourth-order valence-electron chi connectivity index (χ4n) is 3.41. The van der Waals surface area contributed by atoms with E-state index >= 15 is 0 Å². The molecule has 0 spiro atoms. The van der Waals surface area contributed by atoms with Crippen molar-refractivity contribution in [2.75, 3.05) is 7.11 Å². The zero-order valence-electron chi connectivity index (χ0n) is 15.9. The molecule has 4 rings (SSSR count). The summed E-state index contributed by atoms with van der Waals surface area (Å²) in [5.74, 6) is 1.62. The Morgan fingerprint density at radius 3 is 2.39 bits per heavy atom. The number of methoxy groups -OCH3 is 1. The standard InChI is InChI=1S/C25H22O3/c1-27-22-12-7-18(8-13-22)15-21-10-9-20-11-14-23(16-24(20)25(21)26)28-17-19-5-3-2-4-6-19/h2-8,11-16H,9-10,17H2,1H3/b21-15+. The number of carbonyl (C=O) groups is 1. The number of hydrogen-bond acceptors (Lipinski definition) is 3. The minimum absolute atomic E-state index is 0.0854. The summed E-state index contributed by atoms with van der Waals surface area (Å²) in [6.45, 7) is 0.488. The van der Waals surface area contributed by atoms with Crippen LogP contribution in [0.15, 0.2) is 78.4 Å². The van der Waals surface area contributed by atoms with Crippen LogP contribution in [0.5, 0.6) is 11.5 Å². The van der Waals surface area contributed by atoms with Gasteiger partial charge in [0.1, 0.15) is 18.1 Å². The van der Waals surface area contributed by atoms with Crippen molar-refractivity contribution in [3.63, 3.8) is 0 Å². The monoisotopic (exact) mass is 370 g/mol. The van der Waals surface area contributed by atoms with Gasteiger partial charge in [-0.05, 0) is 59.9 Å². The van der Waals surface area contributed by atoms with Gasteiger partial charge >= 0.3 is 0 Å². The van der Waals surface area contributed by atoms with E-state index in [0.29, 0.717) is 6.61 Å². The van der Waals surface area contributed by atoms with Crippen molar-refractivity contribution in [1.82, 2.24) is 0 Å². The van der Waals surface area contributed by atoms with Gasteiger partial charge in [-0.3, -0.25) is 4.79 Å². The van der Waals surface area contributed by atoms with Gasteiger partial charge < -0.3 is 9.47 Å². The molecule has 0 aromatic heterocycles. The molecule has 0 saturated carbocycles. The summed E-state index contributed by atoms with van der Waals surface area (Å²) >= 11 is 0. The van der Waals surface area contributed by atoms with E-state index in [0.717, 1.165) is 52.2 Å². The lowest BCUT2D eigenvalue weighted by Gasteiger charge is -2.19. The molecule has 3 heteroatoms. The highest BCUT2D eigenvalue weighted by Gasteiger charge is 2.22. The Hall–Kier alpha value is -3.33. The van der Waals surface area contributed by atoms with Gasteiger partial charge in [-0.2, -0.15) is 0 Å². The van der Waals surface area contributed by atoms with Gasteiger partial charge in [0.15, 0.2) is 5.78 Å². The number of carbonyl (C=O) groups excluding carboxylic acids is 1. The molecule has 0 aliphatic heterocycles. The van der Waals surface area contributed by atoms with Crippen molar-refractivity contribution in [2.24, 2.45) is 0 Å². The van der Waals surface area contributed by atoms with Crippen molar-refractivity contribution in [3.05, 3.63) is 101 Å². The molecule has 0 heterocycles. The zero-order chi connectivity index (χ0) is 19.3. The summed E-state index contributed by atoms with van der Waals surface area (Å²) in [5, 5.41) is 0. The highest BCUT2D eigenvalue weighted by molar-refractivity contribution is 6.13. The maximum atomic E-state index is 13.0. The normalized spacial score (nSPS) is 14.6. The maximum absolute atomic E-state index is 13.0. The van der Waals surface area contributed by atoms with Gasteiger partial charge in [-0.25, -0.2) is 0 Å². The molecule has 0 saturated heterocycles. The molecule has 0 N–H and O–H groups in total. The average Bonchev–Trinajstić information content (AvgIpc) is 2.75. The van der Waals surface area contributed by atoms with Crippen LogP contribution in [0.3, 0.4) is 0 Å². The third kappa shape index (κ3) is 3.99. The summed E-state index contributed by atoms with van der Waals surface area (Å²) < 4.78 is 11.1. The van der Waals surface area contributed by atoms with Gasteiger partial charge in [0.25, 0.3) is 0 Å². The second kappa shape index (κ2) is 8.13. The van der Waals surface area contributed by atoms with Gasteiger partial charge in [0, 0.05) is 11.1 Å². The SMILES string of the molecule is COc1ccc(/C=C2\CCc3ccc(OCc4ccccc4)cc3C2=O)cc1. The van der Waals surface area contributed by atoms with Crippen LogP contribution in [0.1, 0.15) is 33.5 Å². The predicted molar refractivity (Wildman–Crippen MR) is 111 cm³/mol. The van der Waals surface area contributed by atoms with Gasteiger partial charge in [0.2, 0.25) is 0 Å².